The Morgan fingerprint density at radius 2 is 1.79 bits per heavy atom. The monoisotopic (exact) mass is 390 g/mol. The van der Waals surface area contributed by atoms with Crippen molar-refractivity contribution >= 4 is 17.5 Å². The third-order valence-electron chi connectivity index (χ3n) is 6.55. The molecular weight excluding hydrogens is 360 g/mol. The lowest BCUT2D eigenvalue weighted by Gasteiger charge is -2.39. The lowest BCUT2D eigenvalue weighted by molar-refractivity contribution is -0.119. The SMILES string of the molecule is CC1(C)C(=O)Nc2ccc(C(=O)N3CCc4ccccc4C[C@H]3C(C)(C)C)cc21. The van der Waals surface area contributed by atoms with Gasteiger partial charge < -0.3 is 10.2 Å². The highest BCUT2D eigenvalue weighted by Gasteiger charge is 2.40. The predicted octanol–water partition coefficient (Wildman–Crippen LogP) is 4.57. The average Bonchev–Trinajstić information content (AvgIpc) is 2.81. The van der Waals surface area contributed by atoms with Crippen LogP contribution in [0.2, 0.25) is 0 Å². The molecule has 0 unspecified atom stereocenters. The molecule has 4 heteroatoms. The van der Waals surface area contributed by atoms with Crippen LogP contribution in [0, 0.1) is 5.41 Å². The van der Waals surface area contributed by atoms with Crippen LogP contribution in [-0.4, -0.2) is 29.3 Å². The Morgan fingerprint density at radius 1 is 1.10 bits per heavy atom. The molecule has 2 heterocycles. The van der Waals surface area contributed by atoms with Gasteiger partial charge in [-0.3, -0.25) is 9.59 Å². The summed E-state index contributed by atoms with van der Waals surface area (Å²) in [6.45, 7) is 11.1. The van der Waals surface area contributed by atoms with Crippen LogP contribution in [0.4, 0.5) is 5.69 Å². The first-order valence-corrected chi connectivity index (χ1v) is 10.4. The van der Waals surface area contributed by atoms with Gasteiger partial charge in [-0.15, -0.1) is 0 Å². The Hall–Kier alpha value is -2.62. The zero-order valence-electron chi connectivity index (χ0n) is 18.0. The molecule has 0 aliphatic carbocycles. The number of nitrogens with zero attached hydrogens (tertiary/aromatic N) is 1. The topological polar surface area (TPSA) is 49.4 Å². The zero-order chi connectivity index (χ0) is 21.0. The van der Waals surface area contributed by atoms with Crippen molar-refractivity contribution in [2.75, 3.05) is 11.9 Å². The van der Waals surface area contributed by atoms with E-state index in [4.69, 9.17) is 0 Å². The molecule has 0 saturated carbocycles. The molecule has 2 aromatic carbocycles. The molecule has 1 atom stereocenters. The number of rotatable bonds is 1. The number of nitrogens with one attached hydrogen (secondary N) is 1. The summed E-state index contributed by atoms with van der Waals surface area (Å²) in [6.07, 6.45) is 1.73. The van der Waals surface area contributed by atoms with Crippen molar-refractivity contribution in [1.82, 2.24) is 4.90 Å². The lowest BCUT2D eigenvalue weighted by atomic mass is 9.81. The van der Waals surface area contributed by atoms with E-state index < -0.39 is 5.41 Å². The van der Waals surface area contributed by atoms with Gasteiger partial charge in [0.25, 0.3) is 5.91 Å². The van der Waals surface area contributed by atoms with Crippen molar-refractivity contribution in [3.05, 3.63) is 64.7 Å². The normalized spacial score (nSPS) is 20.5. The molecule has 0 radical (unpaired) electrons. The quantitative estimate of drug-likeness (QED) is 0.775. The maximum atomic E-state index is 13.7. The van der Waals surface area contributed by atoms with Crippen LogP contribution in [0.1, 0.15) is 61.7 Å². The summed E-state index contributed by atoms with van der Waals surface area (Å²) in [4.78, 5) is 28.0. The molecular formula is C25H30N2O2. The molecule has 0 aromatic heterocycles. The summed E-state index contributed by atoms with van der Waals surface area (Å²) in [6, 6.07) is 14.3. The number of fused-ring (bicyclic) bond motifs is 2. The summed E-state index contributed by atoms with van der Waals surface area (Å²) < 4.78 is 0. The van der Waals surface area contributed by atoms with Gasteiger partial charge in [0.1, 0.15) is 0 Å². The number of anilines is 1. The first-order valence-electron chi connectivity index (χ1n) is 10.4. The van der Waals surface area contributed by atoms with E-state index >= 15 is 0 Å². The molecule has 2 aromatic rings. The van der Waals surface area contributed by atoms with E-state index in [9.17, 15) is 9.59 Å². The second-order valence-electron chi connectivity index (χ2n) is 9.94. The Balaban J connectivity index is 1.71. The zero-order valence-corrected chi connectivity index (χ0v) is 18.0. The largest absolute Gasteiger partial charge is 0.334 e. The van der Waals surface area contributed by atoms with Gasteiger partial charge in [-0.1, -0.05) is 45.0 Å². The fourth-order valence-electron chi connectivity index (χ4n) is 4.60. The summed E-state index contributed by atoms with van der Waals surface area (Å²) >= 11 is 0. The highest BCUT2D eigenvalue weighted by Crippen LogP contribution is 2.38. The maximum absolute atomic E-state index is 13.7. The molecule has 0 fully saturated rings. The number of hydrogen-bond donors (Lipinski definition) is 1. The Labute approximate surface area is 173 Å². The first kappa shape index (κ1) is 19.7. The van der Waals surface area contributed by atoms with Crippen molar-refractivity contribution in [3.63, 3.8) is 0 Å². The van der Waals surface area contributed by atoms with E-state index in [1.807, 2.05) is 32.0 Å². The van der Waals surface area contributed by atoms with E-state index in [-0.39, 0.29) is 23.3 Å². The molecule has 152 valence electrons. The van der Waals surface area contributed by atoms with E-state index in [2.05, 4.69) is 55.3 Å². The van der Waals surface area contributed by atoms with Crippen molar-refractivity contribution in [2.24, 2.45) is 5.41 Å². The molecule has 4 nitrogen and oxygen atoms in total. The van der Waals surface area contributed by atoms with Gasteiger partial charge >= 0.3 is 0 Å². The van der Waals surface area contributed by atoms with E-state index in [1.54, 1.807) is 0 Å². The van der Waals surface area contributed by atoms with Gasteiger partial charge in [-0.05, 0) is 67.0 Å². The first-order chi connectivity index (χ1) is 13.6. The van der Waals surface area contributed by atoms with E-state index in [0.29, 0.717) is 12.1 Å². The second kappa shape index (κ2) is 6.72. The van der Waals surface area contributed by atoms with Gasteiger partial charge in [0, 0.05) is 23.8 Å². The summed E-state index contributed by atoms with van der Waals surface area (Å²) in [7, 11) is 0. The van der Waals surface area contributed by atoms with Crippen LogP contribution in [0.3, 0.4) is 0 Å². The summed E-state index contributed by atoms with van der Waals surface area (Å²) in [5, 5.41) is 2.92. The third-order valence-corrected chi connectivity index (χ3v) is 6.55. The Bertz CT molecular complexity index is 985. The molecule has 2 aliphatic heterocycles. The molecule has 0 saturated heterocycles. The van der Waals surface area contributed by atoms with E-state index in [1.165, 1.54) is 11.1 Å². The van der Waals surface area contributed by atoms with Crippen molar-refractivity contribution in [3.8, 4) is 0 Å². The smallest absolute Gasteiger partial charge is 0.254 e. The highest BCUT2D eigenvalue weighted by molar-refractivity contribution is 6.07. The molecule has 1 N–H and O–H groups in total. The second-order valence-corrected chi connectivity index (χ2v) is 9.94. The minimum atomic E-state index is -0.621. The lowest BCUT2D eigenvalue weighted by Crippen LogP contribution is -2.48. The Morgan fingerprint density at radius 3 is 2.48 bits per heavy atom. The van der Waals surface area contributed by atoms with Crippen LogP contribution in [-0.2, 0) is 23.1 Å². The fraction of sp³-hybridized carbons (Fsp3) is 0.440. The number of hydrogen-bond acceptors (Lipinski definition) is 2. The molecule has 4 rings (SSSR count). The minimum absolute atomic E-state index is 0.0186. The number of carbonyl (C=O) groups excluding carboxylic acids is 2. The third kappa shape index (κ3) is 3.35. The van der Waals surface area contributed by atoms with Crippen molar-refractivity contribution in [2.45, 2.75) is 58.9 Å². The molecule has 29 heavy (non-hydrogen) atoms. The van der Waals surface area contributed by atoms with Crippen LogP contribution in [0.5, 0.6) is 0 Å². The van der Waals surface area contributed by atoms with Crippen molar-refractivity contribution in [1.29, 1.82) is 0 Å². The van der Waals surface area contributed by atoms with Gasteiger partial charge in [0.05, 0.1) is 5.41 Å². The minimum Gasteiger partial charge on any atom is -0.334 e. The fourth-order valence-corrected chi connectivity index (χ4v) is 4.60. The van der Waals surface area contributed by atoms with Crippen LogP contribution in [0.15, 0.2) is 42.5 Å². The summed E-state index contributed by atoms with van der Waals surface area (Å²) in [5.41, 5.74) is 4.39. The molecule has 2 aliphatic rings. The van der Waals surface area contributed by atoms with Crippen molar-refractivity contribution < 1.29 is 9.59 Å². The number of amides is 2. The summed E-state index contributed by atoms with van der Waals surface area (Å²) in [5.74, 6) is 0.0329. The van der Waals surface area contributed by atoms with Gasteiger partial charge in [0.2, 0.25) is 5.91 Å². The highest BCUT2D eigenvalue weighted by atomic mass is 16.2. The maximum Gasteiger partial charge on any atom is 0.254 e. The molecule has 2 amide bonds. The van der Waals surface area contributed by atoms with Gasteiger partial charge in [0.15, 0.2) is 0 Å². The average molecular weight is 391 g/mol. The number of benzene rings is 2. The van der Waals surface area contributed by atoms with Crippen LogP contribution in [0.25, 0.3) is 0 Å². The molecule has 0 spiro atoms. The van der Waals surface area contributed by atoms with Crippen LogP contribution >= 0.6 is 0 Å². The number of carbonyl (C=O) groups is 2. The standard InChI is InChI=1S/C25H30N2O2/c1-24(2,3)21-15-17-9-7-6-8-16(17)12-13-27(21)22(28)18-10-11-20-19(14-18)25(4,5)23(29)26-20/h6-11,14,21H,12-13,15H2,1-5H3,(H,26,29)/t21-/m0/s1. The predicted molar refractivity (Wildman–Crippen MR) is 116 cm³/mol. The Kier molecular flexibility index (Phi) is 4.56. The van der Waals surface area contributed by atoms with Gasteiger partial charge in [-0.2, -0.15) is 0 Å². The van der Waals surface area contributed by atoms with E-state index in [0.717, 1.165) is 24.1 Å². The molecule has 0 bridgehead atoms. The van der Waals surface area contributed by atoms with Crippen LogP contribution < -0.4 is 5.32 Å². The van der Waals surface area contributed by atoms with Gasteiger partial charge in [-0.25, -0.2) is 0 Å².